The van der Waals surface area contributed by atoms with Gasteiger partial charge < -0.3 is 5.32 Å². The highest BCUT2D eigenvalue weighted by Crippen LogP contribution is 2.18. The molecule has 114 valence electrons. The first-order valence-corrected chi connectivity index (χ1v) is 7.04. The Balaban J connectivity index is 2.20. The molecule has 0 saturated heterocycles. The molecule has 7 heteroatoms. The van der Waals surface area contributed by atoms with Crippen LogP contribution in [-0.4, -0.2) is 20.4 Å². The van der Waals surface area contributed by atoms with Gasteiger partial charge in [0.05, 0.1) is 5.69 Å². The number of halogens is 1. The van der Waals surface area contributed by atoms with Gasteiger partial charge in [0.25, 0.3) is 5.56 Å². The summed E-state index contributed by atoms with van der Waals surface area (Å²) in [5.74, 6) is -0.335. The molecular weight excluding hydrogens is 316 g/mol. The molecule has 0 aliphatic heterocycles. The number of nitrogens with one attached hydrogen (secondary N) is 1. The number of aromatic nitrogens is 3. The molecule has 0 aliphatic carbocycles. The molecule has 6 nitrogen and oxygen atoms in total. The number of anilines is 1. The van der Waals surface area contributed by atoms with Gasteiger partial charge in [-0.05, 0) is 41.9 Å². The fourth-order valence-corrected chi connectivity index (χ4v) is 2.29. The van der Waals surface area contributed by atoms with Gasteiger partial charge in [0.15, 0.2) is 5.65 Å². The second kappa shape index (κ2) is 6.02. The van der Waals surface area contributed by atoms with Crippen molar-refractivity contribution in [3.63, 3.8) is 0 Å². The summed E-state index contributed by atoms with van der Waals surface area (Å²) in [5, 5.41) is 3.37. The number of nitrogens with zero attached hydrogens (tertiary/aromatic N) is 3. The summed E-state index contributed by atoms with van der Waals surface area (Å²) < 4.78 is 1.41. The highest BCUT2D eigenvalue weighted by atomic mass is 35.5. The van der Waals surface area contributed by atoms with Crippen molar-refractivity contribution in [2.75, 3.05) is 5.32 Å². The van der Waals surface area contributed by atoms with Gasteiger partial charge in [0.2, 0.25) is 11.2 Å². The molecule has 2 aromatic heterocycles. The number of hydrogen-bond acceptors (Lipinski definition) is 4. The molecule has 0 unspecified atom stereocenters. The maximum absolute atomic E-state index is 12.3. The Bertz CT molecular complexity index is 981. The lowest BCUT2D eigenvalue weighted by atomic mass is 10.2. The van der Waals surface area contributed by atoms with Gasteiger partial charge in [0, 0.05) is 23.3 Å². The second-order valence-corrected chi connectivity index (χ2v) is 5.01. The van der Waals surface area contributed by atoms with Crippen molar-refractivity contribution in [1.82, 2.24) is 14.5 Å². The van der Waals surface area contributed by atoms with Crippen molar-refractivity contribution < 1.29 is 4.79 Å². The van der Waals surface area contributed by atoms with Crippen LogP contribution in [0.1, 0.15) is 0 Å². The maximum Gasteiger partial charge on any atom is 0.256 e. The lowest BCUT2D eigenvalue weighted by Crippen LogP contribution is -2.18. The van der Waals surface area contributed by atoms with Crippen LogP contribution in [0.3, 0.4) is 0 Å². The maximum atomic E-state index is 12.3. The van der Waals surface area contributed by atoms with Crippen LogP contribution < -0.4 is 10.9 Å². The van der Waals surface area contributed by atoms with E-state index in [9.17, 15) is 9.59 Å². The van der Waals surface area contributed by atoms with Crippen LogP contribution in [0.15, 0.2) is 60.0 Å². The average Bonchev–Trinajstić information content (AvgIpc) is 2.54. The molecule has 0 bridgehead atoms. The topological polar surface area (TPSA) is 76.9 Å². The van der Waals surface area contributed by atoms with Crippen LogP contribution in [0, 0.1) is 0 Å². The van der Waals surface area contributed by atoms with Gasteiger partial charge in [-0.2, -0.15) is 4.98 Å². The Labute approximate surface area is 136 Å². The third-order valence-electron chi connectivity index (χ3n) is 3.16. The Morgan fingerprint density at radius 2 is 2.13 bits per heavy atom. The van der Waals surface area contributed by atoms with E-state index >= 15 is 0 Å². The SMILES string of the molecule is C=CC(=O)Nc1cccc(-n2c(=O)ccc3cnc(Cl)nc32)c1. The largest absolute Gasteiger partial charge is 0.322 e. The molecule has 1 amide bonds. The minimum Gasteiger partial charge on any atom is -0.322 e. The standard InChI is InChI=1S/C16H11ClN4O2/c1-2-13(22)19-11-4-3-5-12(8-11)21-14(23)7-6-10-9-18-16(17)20-15(10)21/h2-9H,1H2,(H,19,22). The summed E-state index contributed by atoms with van der Waals surface area (Å²) in [4.78, 5) is 31.8. The summed E-state index contributed by atoms with van der Waals surface area (Å²) in [6, 6.07) is 9.90. The highest BCUT2D eigenvalue weighted by Gasteiger charge is 2.09. The Kier molecular flexibility index (Phi) is 3.91. The summed E-state index contributed by atoms with van der Waals surface area (Å²) in [6.07, 6.45) is 2.72. The van der Waals surface area contributed by atoms with Crippen LogP contribution in [0.2, 0.25) is 5.28 Å². The van der Waals surface area contributed by atoms with Gasteiger partial charge in [-0.25, -0.2) is 4.98 Å². The number of benzene rings is 1. The molecule has 3 aromatic rings. The number of fused-ring (bicyclic) bond motifs is 1. The summed E-state index contributed by atoms with van der Waals surface area (Å²) in [6.45, 7) is 3.40. The molecule has 0 fully saturated rings. The third-order valence-corrected chi connectivity index (χ3v) is 3.34. The predicted molar refractivity (Wildman–Crippen MR) is 89.0 cm³/mol. The molecule has 0 atom stereocenters. The highest BCUT2D eigenvalue weighted by molar-refractivity contribution is 6.28. The summed E-state index contributed by atoms with van der Waals surface area (Å²) >= 11 is 5.84. The van der Waals surface area contributed by atoms with E-state index in [4.69, 9.17) is 11.6 Å². The van der Waals surface area contributed by atoms with E-state index in [0.717, 1.165) is 0 Å². The van der Waals surface area contributed by atoms with Crippen molar-refractivity contribution in [2.45, 2.75) is 0 Å². The molecule has 0 radical (unpaired) electrons. The number of hydrogen-bond donors (Lipinski definition) is 1. The minimum atomic E-state index is -0.335. The number of carbonyl (C=O) groups excluding carboxylic acids is 1. The van der Waals surface area contributed by atoms with Gasteiger partial charge in [-0.3, -0.25) is 14.2 Å². The van der Waals surface area contributed by atoms with E-state index in [2.05, 4.69) is 21.9 Å². The van der Waals surface area contributed by atoms with E-state index in [0.29, 0.717) is 22.4 Å². The van der Waals surface area contributed by atoms with E-state index in [1.54, 1.807) is 36.5 Å². The van der Waals surface area contributed by atoms with Crippen LogP contribution in [0.5, 0.6) is 0 Å². The molecule has 1 aromatic carbocycles. The van der Waals surface area contributed by atoms with Crippen molar-refractivity contribution in [3.05, 3.63) is 70.9 Å². The van der Waals surface area contributed by atoms with E-state index in [1.165, 1.54) is 16.7 Å². The van der Waals surface area contributed by atoms with Crippen LogP contribution in [-0.2, 0) is 4.79 Å². The molecule has 2 heterocycles. The number of rotatable bonds is 3. The molecular formula is C16H11ClN4O2. The quantitative estimate of drug-likeness (QED) is 0.593. The van der Waals surface area contributed by atoms with Crippen molar-refractivity contribution in [1.29, 1.82) is 0 Å². The number of carbonyl (C=O) groups is 1. The van der Waals surface area contributed by atoms with Gasteiger partial charge >= 0.3 is 0 Å². The van der Waals surface area contributed by atoms with Gasteiger partial charge in [-0.1, -0.05) is 12.6 Å². The van der Waals surface area contributed by atoms with Gasteiger partial charge in [0.1, 0.15) is 0 Å². The van der Waals surface area contributed by atoms with E-state index < -0.39 is 0 Å². The third kappa shape index (κ3) is 2.97. The zero-order valence-electron chi connectivity index (χ0n) is 11.9. The van der Waals surface area contributed by atoms with Gasteiger partial charge in [-0.15, -0.1) is 0 Å². The molecule has 23 heavy (non-hydrogen) atoms. The molecule has 0 aliphatic rings. The first-order valence-electron chi connectivity index (χ1n) is 6.66. The fourth-order valence-electron chi connectivity index (χ4n) is 2.16. The fraction of sp³-hybridized carbons (Fsp3) is 0. The zero-order valence-corrected chi connectivity index (χ0v) is 12.6. The molecule has 3 rings (SSSR count). The first-order chi connectivity index (χ1) is 11.1. The molecule has 1 N–H and O–H groups in total. The normalized spacial score (nSPS) is 10.5. The summed E-state index contributed by atoms with van der Waals surface area (Å²) in [5.41, 5.74) is 1.22. The van der Waals surface area contributed by atoms with Crippen molar-refractivity contribution in [3.8, 4) is 5.69 Å². The van der Waals surface area contributed by atoms with E-state index in [-0.39, 0.29) is 16.8 Å². The van der Waals surface area contributed by atoms with Crippen LogP contribution >= 0.6 is 11.6 Å². The predicted octanol–water partition coefficient (Wildman–Crippen LogP) is 2.56. The number of pyridine rings is 1. The Morgan fingerprint density at radius 1 is 1.30 bits per heavy atom. The summed E-state index contributed by atoms with van der Waals surface area (Å²) in [7, 11) is 0. The first kappa shape index (κ1) is 14.9. The lowest BCUT2D eigenvalue weighted by molar-refractivity contribution is -0.111. The van der Waals surface area contributed by atoms with Crippen molar-refractivity contribution in [2.24, 2.45) is 0 Å². The lowest BCUT2D eigenvalue weighted by Gasteiger charge is -2.11. The Morgan fingerprint density at radius 3 is 2.91 bits per heavy atom. The smallest absolute Gasteiger partial charge is 0.256 e. The van der Waals surface area contributed by atoms with Crippen LogP contribution in [0.25, 0.3) is 16.7 Å². The van der Waals surface area contributed by atoms with Crippen molar-refractivity contribution >= 4 is 34.2 Å². The van der Waals surface area contributed by atoms with Crippen LogP contribution in [0.4, 0.5) is 5.69 Å². The Hall–Kier alpha value is -2.99. The second-order valence-electron chi connectivity index (χ2n) is 4.67. The molecule has 0 saturated carbocycles. The van der Waals surface area contributed by atoms with E-state index in [1.807, 2.05) is 0 Å². The number of amides is 1. The minimum absolute atomic E-state index is 0.0490. The monoisotopic (exact) mass is 326 g/mol. The zero-order chi connectivity index (χ0) is 16.4. The average molecular weight is 327 g/mol. The molecule has 0 spiro atoms.